The number of aryl methyl sites for hydroxylation is 4. The van der Waals surface area contributed by atoms with E-state index in [2.05, 4.69) is 5.32 Å². The molecule has 1 N–H and O–H groups in total. The SMILES string of the molecule is CCCNC(=O)[C@@H](Cc1ccccc1)N(Cc1ccc(C)cc1)C(=O)CN(c1ccc(C)cc1C)S(=O)(=O)c1ccc(C)cc1. The van der Waals surface area contributed by atoms with Gasteiger partial charge in [0.1, 0.15) is 12.6 Å². The Labute approximate surface area is 268 Å². The van der Waals surface area contributed by atoms with Crippen LogP contribution in [0, 0.1) is 27.7 Å². The Morgan fingerprint density at radius 3 is 1.96 bits per heavy atom. The fraction of sp³-hybridized carbons (Fsp3) is 0.297. The third-order valence-electron chi connectivity index (χ3n) is 7.80. The van der Waals surface area contributed by atoms with Crippen molar-refractivity contribution < 1.29 is 18.0 Å². The zero-order chi connectivity index (χ0) is 32.6. The fourth-order valence-corrected chi connectivity index (χ4v) is 6.72. The summed E-state index contributed by atoms with van der Waals surface area (Å²) in [6.45, 7) is 9.76. The standard InChI is InChI=1S/C37H43N3O4S/c1-6-22-38-37(42)35(24-31-10-8-7-9-11-31)39(25-32-17-12-27(2)13-18-32)36(41)26-40(34-21-16-29(4)23-30(34)5)45(43,44)33-19-14-28(3)15-20-33/h7-21,23,35H,6,22,24-26H2,1-5H3,(H,38,42)/t35-/m1/s1. The Morgan fingerprint density at radius 2 is 1.36 bits per heavy atom. The number of carbonyl (C=O) groups excluding carboxylic acids is 2. The lowest BCUT2D eigenvalue weighted by Gasteiger charge is -2.34. The van der Waals surface area contributed by atoms with Crippen LogP contribution in [0.25, 0.3) is 0 Å². The largest absolute Gasteiger partial charge is 0.354 e. The second kappa shape index (κ2) is 15.0. The van der Waals surface area contributed by atoms with Gasteiger partial charge in [-0.25, -0.2) is 8.42 Å². The van der Waals surface area contributed by atoms with Gasteiger partial charge < -0.3 is 10.2 Å². The molecule has 0 bridgehead atoms. The molecule has 0 radical (unpaired) electrons. The number of anilines is 1. The van der Waals surface area contributed by atoms with Gasteiger partial charge in [0, 0.05) is 19.5 Å². The monoisotopic (exact) mass is 625 g/mol. The summed E-state index contributed by atoms with van der Waals surface area (Å²) in [5.74, 6) is -0.751. The minimum Gasteiger partial charge on any atom is -0.354 e. The average Bonchev–Trinajstić information content (AvgIpc) is 3.02. The van der Waals surface area contributed by atoms with E-state index in [1.54, 1.807) is 30.3 Å². The molecule has 0 saturated carbocycles. The maximum absolute atomic E-state index is 14.6. The highest BCUT2D eigenvalue weighted by molar-refractivity contribution is 7.92. The molecular formula is C37H43N3O4S. The first-order valence-corrected chi connectivity index (χ1v) is 16.8. The van der Waals surface area contributed by atoms with Crippen molar-refractivity contribution in [2.75, 3.05) is 17.4 Å². The van der Waals surface area contributed by atoms with Crippen LogP contribution in [0.4, 0.5) is 5.69 Å². The number of hydrogen-bond acceptors (Lipinski definition) is 4. The van der Waals surface area contributed by atoms with Crippen LogP contribution in [0.15, 0.2) is 102 Å². The van der Waals surface area contributed by atoms with Gasteiger partial charge in [-0.15, -0.1) is 0 Å². The minimum absolute atomic E-state index is 0.0903. The quantitative estimate of drug-likeness (QED) is 0.190. The first-order valence-electron chi connectivity index (χ1n) is 15.3. The molecule has 8 heteroatoms. The van der Waals surface area contributed by atoms with Crippen molar-refractivity contribution in [1.82, 2.24) is 10.2 Å². The van der Waals surface area contributed by atoms with Crippen LogP contribution in [0.5, 0.6) is 0 Å². The summed E-state index contributed by atoms with van der Waals surface area (Å²) in [4.78, 5) is 29.9. The summed E-state index contributed by atoms with van der Waals surface area (Å²) in [5.41, 5.74) is 5.86. The van der Waals surface area contributed by atoms with Gasteiger partial charge in [0.15, 0.2) is 0 Å². The van der Waals surface area contributed by atoms with E-state index < -0.39 is 28.5 Å². The molecular weight excluding hydrogens is 582 g/mol. The number of amides is 2. The molecule has 0 unspecified atom stereocenters. The highest BCUT2D eigenvalue weighted by atomic mass is 32.2. The molecule has 4 aromatic carbocycles. The molecule has 0 heterocycles. The molecule has 7 nitrogen and oxygen atoms in total. The maximum Gasteiger partial charge on any atom is 0.264 e. The van der Waals surface area contributed by atoms with Gasteiger partial charge in [0.05, 0.1) is 10.6 Å². The lowest BCUT2D eigenvalue weighted by Crippen LogP contribution is -2.53. The van der Waals surface area contributed by atoms with Crippen molar-refractivity contribution in [1.29, 1.82) is 0 Å². The number of nitrogens with zero attached hydrogens (tertiary/aromatic N) is 2. The Balaban J connectivity index is 1.81. The van der Waals surface area contributed by atoms with E-state index in [9.17, 15) is 18.0 Å². The Bertz CT molecular complexity index is 1700. The fourth-order valence-electron chi connectivity index (χ4n) is 5.25. The molecule has 2 amide bonds. The van der Waals surface area contributed by atoms with Crippen molar-refractivity contribution in [3.63, 3.8) is 0 Å². The van der Waals surface area contributed by atoms with E-state index in [0.29, 0.717) is 12.2 Å². The second-order valence-electron chi connectivity index (χ2n) is 11.6. The van der Waals surface area contributed by atoms with E-state index in [0.717, 1.165) is 39.8 Å². The smallest absolute Gasteiger partial charge is 0.264 e. The van der Waals surface area contributed by atoms with Crippen molar-refractivity contribution in [2.24, 2.45) is 0 Å². The molecule has 0 saturated heterocycles. The molecule has 45 heavy (non-hydrogen) atoms. The van der Waals surface area contributed by atoms with Gasteiger partial charge >= 0.3 is 0 Å². The predicted molar refractivity (Wildman–Crippen MR) is 181 cm³/mol. The third-order valence-corrected chi connectivity index (χ3v) is 9.58. The number of sulfonamides is 1. The van der Waals surface area contributed by atoms with E-state index >= 15 is 0 Å². The number of rotatable bonds is 13. The molecule has 0 aliphatic heterocycles. The molecule has 1 atom stereocenters. The van der Waals surface area contributed by atoms with Gasteiger partial charge in [-0.2, -0.15) is 0 Å². The van der Waals surface area contributed by atoms with E-state index in [1.807, 2.05) is 101 Å². The van der Waals surface area contributed by atoms with Crippen LogP contribution in [0.3, 0.4) is 0 Å². The normalized spacial score (nSPS) is 11.9. The van der Waals surface area contributed by atoms with Crippen LogP contribution >= 0.6 is 0 Å². The topological polar surface area (TPSA) is 86.8 Å². The molecule has 0 spiro atoms. The van der Waals surface area contributed by atoms with Crippen molar-refractivity contribution in [3.05, 3.63) is 130 Å². The molecule has 4 rings (SSSR count). The number of carbonyl (C=O) groups is 2. The Kier molecular flexibility index (Phi) is 11.2. The average molecular weight is 626 g/mol. The van der Waals surface area contributed by atoms with Crippen LogP contribution in [-0.4, -0.2) is 44.3 Å². The zero-order valence-corrected chi connectivity index (χ0v) is 27.6. The molecule has 0 aliphatic carbocycles. The van der Waals surface area contributed by atoms with E-state index in [-0.39, 0.29) is 23.8 Å². The Hall–Kier alpha value is -4.43. The second-order valence-corrected chi connectivity index (χ2v) is 13.5. The molecule has 0 aromatic heterocycles. The van der Waals surface area contributed by atoms with E-state index in [4.69, 9.17) is 0 Å². The Morgan fingerprint density at radius 1 is 0.756 bits per heavy atom. The van der Waals surface area contributed by atoms with Crippen molar-refractivity contribution >= 4 is 27.5 Å². The number of nitrogens with one attached hydrogen (secondary N) is 1. The highest BCUT2D eigenvalue weighted by Crippen LogP contribution is 2.29. The summed E-state index contributed by atoms with van der Waals surface area (Å²) in [5, 5.41) is 2.98. The van der Waals surface area contributed by atoms with Crippen molar-refractivity contribution in [3.8, 4) is 0 Å². The molecule has 236 valence electrons. The van der Waals surface area contributed by atoms with Crippen molar-refractivity contribution in [2.45, 2.75) is 64.9 Å². The summed E-state index contributed by atoms with van der Waals surface area (Å²) < 4.78 is 29.7. The van der Waals surface area contributed by atoms with Gasteiger partial charge in [-0.1, -0.05) is 102 Å². The van der Waals surface area contributed by atoms with Crippen LogP contribution in [0.1, 0.15) is 46.7 Å². The van der Waals surface area contributed by atoms with Gasteiger partial charge in [-0.05, 0) is 69.0 Å². The van der Waals surface area contributed by atoms with E-state index in [1.165, 1.54) is 9.21 Å². The molecule has 4 aromatic rings. The summed E-state index contributed by atoms with van der Waals surface area (Å²) in [6, 6.07) is 28.6. The number of hydrogen-bond donors (Lipinski definition) is 1. The first kappa shape index (κ1) is 33.5. The van der Waals surface area contributed by atoms with Crippen LogP contribution < -0.4 is 9.62 Å². The third kappa shape index (κ3) is 8.60. The summed E-state index contributed by atoms with van der Waals surface area (Å²) in [6.07, 6.45) is 1.02. The summed E-state index contributed by atoms with van der Waals surface area (Å²) >= 11 is 0. The summed E-state index contributed by atoms with van der Waals surface area (Å²) in [7, 11) is -4.15. The minimum atomic E-state index is -4.15. The molecule has 0 aliphatic rings. The van der Waals surface area contributed by atoms with Gasteiger partial charge in [0.25, 0.3) is 10.0 Å². The first-order chi connectivity index (χ1) is 21.5. The number of benzene rings is 4. The lowest BCUT2D eigenvalue weighted by atomic mass is 10.0. The maximum atomic E-state index is 14.6. The van der Waals surface area contributed by atoms with Crippen LogP contribution in [0.2, 0.25) is 0 Å². The zero-order valence-electron chi connectivity index (χ0n) is 26.8. The van der Waals surface area contributed by atoms with Gasteiger partial charge in [0.2, 0.25) is 11.8 Å². The highest BCUT2D eigenvalue weighted by Gasteiger charge is 2.35. The van der Waals surface area contributed by atoms with Gasteiger partial charge in [-0.3, -0.25) is 13.9 Å². The lowest BCUT2D eigenvalue weighted by molar-refractivity contribution is -0.140. The van der Waals surface area contributed by atoms with Crippen LogP contribution in [-0.2, 0) is 32.6 Å². The predicted octanol–water partition coefficient (Wildman–Crippen LogP) is 6.28. The molecule has 0 fully saturated rings.